The molecule has 2 aromatic rings. The first-order chi connectivity index (χ1) is 19.0. The minimum atomic E-state index is -4.19. The van der Waals surface area contributed by atoms with E-state index in [0.717, 1.165) is 6.07 Å². The SMILES string of the molecule is CC[C@@](O)(COC(=O)[C@H](C)N)C[C@@H]1C[C@H](C)C(C)C1S(=O)(=O)c1cc(C(=O)Nc2cc(F)c(F)c(F)c2)ccc1Cl. The van der Waals surface area contributed by atoms with Crippen LogP contribution in [0.25, 0.3) is 0 Å². The largest absolute Gasteiger partial charge is 0.461 e. The highest BCUT2D eigenvalue weighted by atomic mass is 35.5. The molecule has 1 saturated carbocycles. The summed E-state index contributed by atoms with van der Waals surface area (Å²) in [6.07, 6.45) is 0.675. The molecule has 0 spiro atoms. The predicted molar refractivity (Wildman–Crippen MR) is 148 cm³/mol. The molecule has 1 amide bonds. The molecule has 3 rings (SSSR count). The van der Waals surface area contributed by atoms with Gasteiger partial charge in [0.1, 0.15) is 12.6 Å². The fourth-order valence-electron chi connectivity index (χ4n) is 5.29. The van der Waals surface area contributed by atoms with E-state index in [0.29, 0.717) is 18.6 Å². The normalized spacial score (nSPS) is 23.1. The molecule has 2 aromatic carbocycles. The lowest BCUT2D eigenvalue weighted by molar-refractivity contribution is -0.154. The number of rotatable bonds is 10. The third kappa shape index (κ3) is 7.22. The van der Waals surface area contributed by atoms with Gasteiger partial charge in [-0.25, -0.2) is 21.6 Å². The zero-order valence-corrected chi connectivity index (χ0v) is 24.7. The number of carbonyl (C=O) groups is 2. The summed E-state index contributed by atoms with van der Waals surface area (Å²) >= 11 is 6.32. The van der Waals surface area contributed by atoms with Gasteiger partial charge in [-0.15, -0.1) is 0 Å². The third-order valence-corrected chi connectivity index (χ3v) is 10.7. The summed E-state index contributed by atoms with van der Waals surface area (Å²) in [7, 11) is -4.19. The molecule has 0 saturated heterocycles. The summed E-state index contributed by atoms with van der Waals surface area (Å²) in [4.78, 5) is 24.4. The summed E-state index contributed by atoms with van der Waals surface area (Å²) in [5, 5.41) is 12.3. The fraction of sp³-hybridized carbons (Fsp3) is 0.500. The Morgan fingerprint density at radius 2 is 1.80 bits per heavy atom. The number of nitrogens with two attached hydrogens (primary N) is 1. The lowest BCUT2D eigenvalue weighted by atomic mass is 9.87. The van der Waals surface area contributed by atoms with Crippen LogP contribution in [0.15, 0.2) is 35.2 Å². The molecule has 1 fully saturated rings. The number of hydrogen-bond acceptors (Lipinski definition) is 7. The Bertz CT molecular complexity index is 1400. The highest BCUT2D eigenvalue weighted by molar-refractivity contribution is 7.92. The number of benzene rings is 2. The van der Waals surface area contributed by atoms with E-state index in [1.165, 1.54) is 19.1 Å². The minimum Gasteiger partial charge on any atom is -0.461 e. The Labute approximate surface area is 242 Å². The first-order valence-electron chi connectivity index (χ1n) is 13.1. The maximum absolute atomic E-state index is 14.1. The van der Waals surface area contributed by atoms with E-state index >= 15 is 0 Å². The topological polar surface area (TPSA) is 136 Å². The van der Waals surface area contributed by atoms with Gasteiger partial charge in [0.2, 0.25) is 0 Å². The van der Waals surface area contributed by atoms with Crippen LogP contribution in [0.2, 0.25) is 5.02 Å². The molecule has 41 heavy (non-hydrogen) atoms. The highest BCUT2D eigenvalue weighted by Gasteiger charge is 2.49. The standard InChI is InChI=1S/C28H34ClF3N2O6S/c1-5-28(37,13-40-27(36)16(4)33)12-18-8-14(2)15(3)25(18)41(38,39)23-9-17(6-7-20(23)29)26(35)34-19-10-21(30)24(32)22(31)11-19/h6-7,9-11,14-16,18,25,37H,5,8,12-13,33H2,1-4H3,(H,34,35)/t14-,15?,16-,18-,25?,28-/m0/s1. The summed E-state index contributed by atoms with van der Waals surface area (Å²) in [6, 6.07) is 3.85. The van der Waals surface area contributed by atoms with Crippen molar-refractivity contribution in [2.45, 2.75) is 68.7 Å². The average Bonchev–Trinajstić information content (AvgIpc) is 3.18. The molecule has 226 valence electrons. The van der Waals surface area contributed by atoms with Gasteiger partial charge in [0.25, 0.3) is 5.91 Å². The Balaban J connectivity index is 1.92. The number of nitrogens with one attached hydrogen (secondary N) is 1. The van der Waals surface area contributed by atoms with E-state index in [1.54, 1.807) is 13.8 Å². The molecule has 8 nitrogen and oxygen atoms in total. The number of aliphatic hydroxyl groups is 1. The summed E-state index contributed by atoms with van der Waals surface area (Å²) in [5.74, 6) is -7.23. The second kappa shape index (κ2) is 12.7. The Hall–Kier alpha value is -2.67. The average molecular weight is 619 g/mol. The van der Waals surface area contributed by atoms with Crippen molar-refractivity contribution >= 4 is 39.0 Å². The number of ether oxygens (including phenoxy) is 1. The zero-order chi connectivity index (χ0) is 30.9. The van der Waals surface area contributed by atoms with Gasteiger partial charge in [-0.1, -0.05) is 32.4 Å². The minimum absolute atomic E-state index is 0.0216. The first-order valence-corrected chi connectivity index (χ1v) is 15.1. The quantitative estimate of drug-likeness (QED) is 0.255. The summed E-state index contributed by atoms with van der Waals surface area (Å²) in [5.41, 5.74) is 3.50. The Morgan fingerprint density at radius 1 is 1.20 bits per heavy atom. The van der Waals surface area contributed by atoms with E-state index in [9.17, 15) is 36.3 Å². The summed E-state index contributed by atoms with van der Waals surface area (Å²) < 4.78 is 73.8. The van der Waals surface area contributed by atoms with Crippen LogP contribution in [0.4, 0.5) is 18.9 Å². The van der Waals surface area contributed by atoms with Crippen LogP contribution < -0.4 is 11.1 Å². The number of hydrogen-bond donors (Lipinski definition) is 3. The molecule has 4 N–H and O–H groups in total. The van der Waals surface area contributed by atoms with Crippen LogP contribution >= 0.6 is 11.6 Å². The molecule has 13 heteroatoms. The zero-order valence-electron chi connectivity index (χ0n) is 23.1. The molecule has 0 radical (unpaired) electrons. The van der Waals surface area contributed by atoms with Crippen molar-refractivity contribution < 1.29 is 41.0 Å². The van der Waals surface area contributed by atoms with Crippen LogP contribution in [-0.2, 0) is 19.4 Å². The van der Waals surface area contributed by atoms with Crippen LogP contribution in [0.5, 0.6) is 0 Å². The predicted octanol–water partition coefficient (Wildman–Crippen LogP) is 4.87. The van der Waals surface area contributed by atoms with Crippen molar-refractivity contribution in [3.8, 4) is 0 Å². The van der Waals surface area contributed by atoms with Gasteiger partial charge >= 0.3 is 5.97 Å². The van der Waals surface area contributed by atoms with E-state index in [2.05, 4.69) is 5.32 Å². The van der Waals surface area contributed by atoms with E-state index in [1.807, 2.05) is 6.92 Å². The van der Waals surface area contributed by atoms with Crippen molar-refractivity contribution in [3.63, 3.8) is 0 Å². The number of esters is 1. The van der Waals surface area contributed by atoms with Gasteiger partial charge in [-0.05, 0) is 62.1 Å². The smallest absolute Gasteiger partial charge is 0.322 e. The van der Waals surface area contributed by atoms with Crippen molar-refractivity contribution in [1.82, 2.24) is 0 Å². The molecule has 2 unspecified atom stereocenters. The molecule has 0 aromatic heterocycles. The fourth-order valence-corrected chi connectivity index (χ4v) is 8.20. The molecular formula is C28H34ClF3N2O6S. The molecular weight excluding hydrogens is 585 g/mol. The van der Waals surface area contributed by atoms with Crippen LogP contribution in [0, 0.1) is 35.2 Å². The monoisotopic (exact) mass is 618 g/mol. The van der Waals surface area contributed by atoms with Gasteiger partial charge in [0, 0.05) is 23.4 Å². The number of sulfone groups is 1. The number of anilines is 1. The Kier molecular flexibility index (Phi) is 10.2. The van der Waals surface area contributed by atoms with Crippen LogP contribution in [0.1, 0.15) is 57.3 Å². The van der Waals surface area contributed by atoms with Gasteiger partial charge in [-0.3, -0.25) is 9.59 Å². The number of halogens is 4. The third-order valence-electron chi connectivity index (χ3n) is 7.81. The molecule has 1 aliphatic carbocycles. The maximum atomic E-state index is 14.1. The van der Waals surface area contributed by atoms with Crippen LogP contribution in [-0.4, -0.2) is 48.9 Å². The first kappa shape index (κ1) is 32.8. The highest BCUT2D eigenvalue weighted by Crippen LogP contribution is 2.47. The van der Waals surface area contributed by atoms with Crippen molar-refractivity contribution in [2.75, 3.05) is 11.9 Å². The van der Waals surface area contributed by atoms with Gasteiger partial charge in [0.05, 0.1) is 20.8 Å². The van der Waals surface area contributed by atoms with E-state index in [-0.39, 0.29) is 52.5 Å². The molecule has 0 bridgehead atoms. The van der Waals surface area contributed by atoms with Gasteiger partial charge in [-0.2, -0.15) is 0 Å². The van der Waals surface area contributed by atoms with E-state index in [4.69, 9.17) is 22.1 Å². The van der Waals surface area contributed by atoms with Gasteiger partial charge < -0.3 is 20.9 Å². The number of carbonyl (C=O) groups excluding carboxylic acids is 2. The second-order valence-electron chi connectivity index (χ2n) is 10.9. The molecule has 6 atom stereocenters. The van der Waals surface area contributed by atoms with Crippen molar-refractivity contribution in [1.29, 1.82) is 0 Å². The molecule has 0 heterocycles. The summed E-state index contributed by atoms with van der Waals surface area (Å²) in [6.45, 7) is 6.49. The second-order valence-corrected chi connectivity index (χ2v) is 13.4. The van der Waals surface area contributed by atoms with Crippen molar-refractivity contribution in [2.24, 2.45) is 23.5 Å². The lowest BCUT2D eigenvalue weighted by Gasteiger charge is -2.32. The Morgan fingerprint density at radius 3 is 2.37 bits per heavy atom. The number of amides is 1. The van der Waals surface area contributed by atoms with E-state index < -0.39 is 62.0 Å². The van der Waals surface area contributed by atoms with Crippen LogP contribution in [0.3, 0.4) is 0 Å². The van der Waals surface area contributed by atoms with Gasteiger partial charge in [0.15, 0.2) is 27.3 Å². The molecule has 0 aliphatic heterocycles. The van der Waals surface area contributed by atoms with Crippen molar-refractivity contribution in [3.05, 3.63) is 58.4 Å². The molecule has 1 aliphatic rings. The maximum Gasteiger partial charge on any atom is 0.322 e. The lowest BCUT2D eigenvalue weighted by Crippen LogP contribution is -2.42.